The highest BCUT2D eigenvalue weighted by Gasteiger charge is 2.37. The fourth-order valence-corrected chi connectivity index (χ4v) is 3.50. The first kappa shape index (κ1) is 17.5. The molecule has 0 fully saturated rings. The zero-order valence-corrected chi connectivity index (χ0v) is 15.7. The molecule has 0 saturated heterocycles. The number of carbonyl (C=O) groups is 1. The minimum Gasteiger partial charge on any atom is -0.497 e. The predicted molar refractivity (Wildman–Crippen MR) is 99.6 cm³/mol. The van der Waals surface area contributed by atoms with Crippen molar-refractivity contribution in [3.8, 4) is 23.0 Å². The summed E-state index contributed by atoms with van der Waals surface area (Å²) in [6, 6.07) is 12.8. The maximum Gasteiger partial charge on any atom is 0.265 e. The zero-order chi connectivity index (χ0) is 19.0. The average molecular weight is 369 g/mol. The van der Waals surface area contributed by atoms with Gasteiger partial charge in [-0.25, -0.2) is 0 Å². The minimum atomic E-state index is -0.687. The molecule has 142 valence electrons. The van der Waals surface area contributed by atoms with E-state index in [1.807, 2.05) is 50.2 Å². The van der Waals surface area contributed by atoms with Gasteiger partial charge in [0.15, 0.2) is 11.5 Å². The Morgan fingerprint density at radius 3 is 2.70 bits per heavy atom. The van der Waals surface area contributed by atoms with Crippen molar-refractivity contribution < 1.29 is 23.7 Å². The van der Waals surface area contributed by atoms with E-state index in [0.717, 1.165) is 17.1 Å². The van der Waals surface area contributed by atoms with E-state index in [1.54, 1.807) is 13.2 Å². The van der Waals surface area contributed by atoms with Gasteiger partial charge in [0.25, 0.3) is 5.91 Å². The van der Waals surface area contributed by atoms with Gasteiger partial charge in [0.1, 0.15) is 23.7 Å². The number of rotatable bonds is 3. The molecule has 4 rings (SSSR count). The minimum absolute atomic E-state index is 0.178. The number of nitrogens with one attached hydrogen (secondary N) is 1. The monoisotopic (exact) mass is 369 g/mol. The lowest BCUT2D eigenvalue weighted by molar-refractivity contribution is -0.131. The first-order valence-corrected chi connectivity index (χ1v) is 9.01. The number of benzene rings is 2. The van der Waals surface area contributed by atoms with Gasteiger partial charge in [-0.3, -0.25) is 4.79 Å². The van der Waals surface area contributed by atoms with Gasteiger partial charge in [-0.15, -0.1) is 0 Å². The number of hydrogen-bond acceptors (Lipinski definition) is 5. The summed E-state index contributed by atoms with van der Waals surface area (Å²) in [5.74, 6) is 2.49. The Balaban J connectivity index is 1.53. The molecule has 0 saturated carbocycles. The standard InChI is InChI=1S/C21H23NO5/c1-21(2)11-15(14-9-8-13(24-3)10-18(14)27-21)22-20(23)19-12-25-16-6-4-5-7-17(16)26-19/h4-10,15,19H,11-12H2,1-3H3,(H,22,23)/t15-,19-/m0/s1. The van der Waals surface area contributed by atoms with Crippen molar-refractivity contribution in [1.29, 1.82) is 0 Å². The molecule has 2 atom stereocenters. The fraction of sp³-hybridized carbons (Fsp3) is 0.381. The van der Waals surface area contributed by atoms with Gasteiger partial charge in [0, 0.05) is 18.1 Å². The van der Waals surface area contributed by atoms with Crippen LogP contribution in [0, 0.1) is 0 Å². The third-order valence-electron chi connectivity index (χ3n) is 4.80. The number of fused-ring (bicyclic) bond motifs is 2. The van der Waals surface area contributed by atoms with E-state index in [2.05, 4.69) is 5.32 Å². The van der Waals surface area contributed by atoms with Crippen molar-refractivity contribution in [2.75, 3.05) is 13.7 Å². The molecule has 0 bridgehead atoms. The van der Waals surface area contributed by atoms with E-state index in [4.69, 9.17) is 18.9 Å². The van der Waals surface area contributed by atoms with Crippen LogP contribution in [0.5, 0.6) is 23.0 Å². The summed E-state index contributed by atoms with van der Waals surface area (Å²) >= 11 is 0. The molecule has 1 amide bonds. The van der Waals surface area contributed by atoms with Gasteiger partial charge in [0.05, 0.1) is 13.2 Å². The Kier molecular flexibility index (Phi) is 4.34. The Morgan fingerprint density at radius 1 is 1.15 bits per heavy atom. The van der Waals surface area contributed by atoms with Crippen LogP contribution in [-0.2, 0) is 4.79 Å². The number of carbonyl (C=O) groups excluding carboxylic acids is 1. The molecule has 2 aromatic rings. The summed E-state index contributed by atoms with van der Waals surface area (Å²) in [5, 5.41) is 3.10. The number of methoxy groups -OCH3 is 1. The summed E-state index contributed by atoms with van der Waals surface area (Å²) in [6.45, 7) is 4.20. The van der Waals surface area contributed by atoms with Crippen LogP contribution < -0.4 is 24.3 Å². The lowest BCUT2D eigenvalue weighted by Gasteiger charge is -2.38. The van der Waals surface area contributed by atoms with E-state index in [-0.39, 0.29) is 18.6 Å². The van der Waals surface area contributed by atoms with Crippen LogP contribution in [-0.4, -0.2) is 31.3 Å². The second kappa shape index (κ2) is 6.68. The highest BCUT2D eigenvalue weighted by Crippen LogP contribution is 2.41. The van der Waals surface area contributed by atoms with Crippen molar-refractivity contribution in [1.82, 2.24) is 5.32 Å². The Hall–Kier alpha value is -2.89. The molecule has 0 spiro atoms. The lowest BCUT2D eigenvalue weighted by atomic mass is 9.89. The molecule has 6 heteroatoms. The largest absolute Gasteiger partial charge is 0.497 e. The fourth-order valence-electron chi connectivity index (χ4n) is 3.50. The molecule has 2 aliphatic rings. The van der Waals surface area contributed by atoms with Gasteiger partial charge in [-0.2, -0.15) is 0 Å². The van der Waals surface area contributed by atoms with Crippen LogP contribution in [0.25, 0.3) is 0 Å². The van der Waals surface area contributed by atoms with Gasteiger partial charge in [-0.05, 0) is 38.1 Å². The van der Waals surface area contributed by atoms with E-state index < -0.39 is 11.7 Å². The van der Waals surface area contributed by atoms with Crippen molar-refractivity contribution in [2.45, 2.75) is 38.0 Å². The molecule has 0 unspecified atom stereocenters. The van der Waals surface area contributed by atoms with Crippen LogP contribution in [0.4, 0.5) is 0 Å². The molecular formula is C21H23NO5. The Bertz CT molecular complexity index is 863. The first-order chi connectivity index (χ1) is 12.9. The SMILES string of the molecule is COc1ccc2c(c1)OC(C)(C)C[C@@H]2NC(=O)[C@@H]1COc2ccccc2O1. The highest BCUT2D eigenvalue weighted by molar-refractivity contribution is 5.82. The number of hydrogen-bond donors (Lipinski definition) is 1. The van der Waals surface area contributed by atoms with Crippen molar-refractivity contribution in [2.24, 2.45) is 0 Å². The summed E-state index contributed by atoms with van der Waals surface area (Å²) in [7, 11) is 1.62. The van der Waals surface area contributed by atoms with Crippen molar-refractivity contribution in [3.05, 3.63) is 48.0 Å². The molecule has 6 nitrogen and oxygen atoms in total. The van der Waals surface area contributed by atoms with E-state index in [0.29, 0.717) is 17.9 Å². The second-order valence-electron chi connectivity index (χ2n) is 7.40. The smallest absolute Gasteiger partial charge is 0.265 e. The molecule has 27 heavy (non-hydrogen) atoms. The molecule has 2 aliphatic heterocycles. The summed E-state index contributed by atoms with van der Waals surface area (Å²) < 4.78 is 22.9. The van der Waals surface area contributed by atoms with Gasteiger partial charge >= 0.3 is 0 Å². The molecule has 2 heterocycles. The zero-order valence-electron chi connectivity index (χ0n) is 15.7. The number of amides is 1. The van der Waals surface area contributed by atoms with Gasteiger partial charge < -0.3 is 24.3 Å². The molecule has 0 aliphatic carbocycles. The van der Waals surface area contributed by atoms with E-state index in [1.165, 1.54) is 0 Å². The van der Waals surface area contributed by atoms with Gasteiger partial charge in [-0.1, -0.05) is 12.1 Å². The second-order valence-corrected chi connectivity index (χ2v) is 7.40. The third-order valence-corrected chi connectivity index (χ3v) is 4.80. The van der Waals surface area contributed by atoms with Crippen LogP contribution in [0.1, 0.15) is 31.9 Å². The number of ether oxygens (including phenoxy) is 4. The Morgan fingerprint density at radius 2 is 1.93 bits per heavy atom. The highest BCUT2D eigenvalue weighted by atomic mass is 16.6. The van der Waals surface area contributed by atoms with Crippen LogP contribution in [0.15, 0.2) is 42.5 Å². The summed E-state index contributed by atoms with van der Waals surface area (Å²) in [5.41, 5.74) is 0.522. The third kappa shape index (κ3) is 3.52. The quantitative estimate of drug-likeness (QED) is 0.900. The van der Waals surface area contributed by atoms with Crippen LogP contribution >= 0.6 is 0 Å². The predicted octanol–water partition coefficient (Wildman–Crippen LogP) is 3.25. The average Bonchev–Trinajstić information content (AvgIpc) is 2.66. The van der Waals surface area contributed by atoms with Crippen molar-refractivity contribution >= 4 is 5.91 Å². The van der Waals surface area contributed by atoms with E-state index >= 15 is 0 Å². The molecule has 0 radical (unpaired) electrons. The lowest BCUT2D eigenvalue weighted by Crippen LogP contribution is -2.48. The topological polar surface area (TPSA) is 66.0 Å². The first-order valence-electron chi connectivity index (χ1n) is 9.01. The van der Waals surface area contributed by atoms with Crippen LogP contribution in [0.2, 0.25) is 0 Å². The normalized spacial score (nSPS) is 22.2. The molecule has 1 N–H and O–H groups in total. The van der Waals surface area contributed by atoms with Gasteiger partial charge in [0.2, 0.25) is 6.10 Å². The molecular weight excluding hydrogens is 346 g/mol. The maximum atomic E-state index is 12.8. The molecule has 2 aromatic carbocycles. The number of para-hydroxylation sites is 2. The molecule has 0 aromatic heterocycles. The van der Waals surface area contributed by atoms with E-state index in [9.17, 15) is 4.79 Å². The van der Waals surface area contributed by atoms with Crippen molar-refractivity contribution in [3.63, 3.8) is 0 Å². The summed E-state index contributed by atoms with van der Waals surface area (Å²) in [4.78, 5) is 12.8. The van der Waals surface area contributed by atoms with Crippen LogP contribution in [0.3, 0.4) is 0 Å². The Labute approximate surface area is 158 Å². The maximum absolute atomic E-state index is 12.8. The summed E-state index contributed by atoms with van der Waals surface area (Å²) in [6.07, 6.45) is -0.0325.